The van der Waals surface area contributed by atoms with Crippen molar-refractivity contribution in [2.75, 3.05) is 19.6 Å². The zero-order valence-corrected chi connectivity index (χ0v) is 13.3. The molecule has 1 unspecified atom stereocenters. The van der Waals surface area contributed by atoms with Gasteiger partial charge in [0.25, 0.3) is 0 Å². The first-order valence-corrected chi connectivity index (χ1v) is 8.37. The average molecular weight is 306 g/mol. The smallest absolute Gasteiger partial charge is 0.308 e. The van der Waals surface area contributed by atoms with Crippen LogP contribution >= 0.6 is 0 Å². The van der Waals surface area contributed by atoms with E-state index in [-0.39, 0.29) is 12.0 Å². The number of halogens is 3. The average Bonchev–Trinajstić information content (AvgIpc) is 2.38. The van der Waals surface area contributed by atoms with Crippen molar-refractivity contribution in [3.8, 4) is 0 Å². The predicted octanol–water partition coefficient (Wildman–Crippen LogP) is 3.96. The SMILES string of the molecule is CC(C)C1CNC2(CCCCC2)CN1CCCC(F)(F)F. The Hall–Kier alpha value is -0.290. The van der Waals surface area contributed by atoms with Crippen LogP contribution < -0.4 is 5.32 Å². The minimum absolute atomic E-state index is 0.169. The van der Waals surface area contributed by atoms with Crippen LogP contribution in [0, 0.1) is 5.92 Å². The summed E-state index contributed by atoms with van der Waals surface area (Å²) in [7, 11) is 0. The lowest BCUT2D eigenvalue weighted by Gasteiger charge is -2.51. The van der Waals surface area contributed by atoms with Crippen LogP contribution in [0.15, 0.2) is 0 Å². The molecule has 2 fully saturated rings. The zero-order chi connectivity index (χ0) is 15.5. The van der Waals surface area contributed by atoms with Crippen LogP contribution in [0.5, 0.6) is 0 Å². The van der Waals surface area contributed by atoms with Crippen LogP contribution in [0.3, 0.4) is 0 Å². The number of hydrogen-bond acceptors (Lipinski definition) is 2. The largest absolute Gasteiger partial charge is 0.389 e. The van der Waals surface area contributed by atoms with E-state index in [0.717, 1.165) is 13.1 Å². The molecule has 0 aromatic rings. The van der Waals surface area contributed by atoms with Gasteiger partial charge in [-0.05, 0) is 31.7 Å². The molecule has 2 aliphatic rings. The number of nitrogens with one attached hydrogen (secondary N) is 1. The first kappa shape index (κ1) is 17.1. The van der Waals surface area contributed by atoms with Crippen molar-refractivity contribution in [2.45, 2.75) is 76.6 Å². The summed E-state index contributed by atoms with van der Waals surface area (Å²) in [5.41, 5.74) is 0.169. The zero-order valence-electron chi connectivity index (χ0n) is 13.3. The predicted molar refractivity (Wildman–Crippen MR) is 79.3 cm³/mol. The van der Waals surface area contributed by atoms with Crippen LogP contribution in [-0.4, -0.2) is 42.3 Å². The molecule has 1 spiro atoms. The highest BCUT2D eigenvalue weighted by atomic mass is 19.4. The molecule has 1 heterocycles. The molecule has 1 N–H and O–H groups in total. The Labute approximate surface area is 126 Å². The first-order chi connectivity index (χ1) is 9.81. The van der Waals surface area contributed by atoms with Gasteiger partial charge in [-0.1, -0.05) is 33.1 Å². The third-order valence-corrected chi connectivity index (χ3v) is 5.15. The molecule has 0 aromatic carbocycles. The Kier molecular flexibility index (Phi) is 5.58. The fourth-order valence-electron chi connectivity index (χ4n) is 3.96. The summed E-state index contributed by atoms with van der Waals surface area (Å²) in [5.74, 6) is 0.476. The fraction of sp³-hybridized carbons (Fsp3) is 1.00. The Bertz CT molecular complexity index is 322. The Morgan fingerprint density at radius 3 is 2.43 bits per heavy atom. The van der Waals surface area contributed by atoms with Gasteiger partial charge >= 0.3 is 6.18 Å². The standard InChI is InChI=1S/C16H29F3N2/c1-13(2)14-11-20-15(7-4-3-5-8-15)12-21(14)10-6-9-16(17,18)19/h13-14,20H,3-12H2,1-2H3. The van der Waals surface area contributed by atoms with Crippen molar-refractivity contribution < 1.29 is 13.2 Å². The van der Waals surface area contributed by atoms with Crippen molar-refractivity contribution in [3.63, 3.8) is 0 Å². The van der Waals surface area contributed by atoms with Gasteiger partial charge in [0.2, 0.25) is 0 Å². The summed E-state index contributed by atoms with van der Waals surface area (Å²) in [4.78, 5) is 2.33. The van der Waals surface area contributed by atoms with Gasteiger partial charge in [-0.2, -0.15) is 13.2 Å². The summed E-state index contributed by atoms with van der Waals surface area (Å²) in [6, 6.07) is 0.366. The van der Waals surface area contributed by atoms with E-state index < -0.39 is 12.6 Å². The summed E-state index contributed by atoms with van der Waals surface area (Å²) < 4.78 is 37.1. The van der Waals surface area contributed by atoms with Crippen molar-refractivity contribution in [3.05, 3.63) is 0 Å². The molecule has 0 amide bonds. The summed E-state index contributed by atoms with van der Waals surface area (Å²) in [5, 5.41) is 3.74. The maximum atomic E-state index is 12.4. The Morgan fingerprint density at radius 2 is 1.86 bits per heavy atom. The summed E-state index contributed by atoms with van der Waals surface area (Å²) in [6.07, 6.45) is 1.68. The number of rotatable bonds is 4. The van der Waals surface area contributed by atoms with E-state index >= 15 is 0 Å². The lowest BCUT2D eigenvalue weighted by molar-refractivity contribution is -0.137. The highest BCUT2D eigenvalue weighted by molar-refractivity contribution is 5.00. The van der Waals surface area contributed by atoms with Crippen LogP contribution in [0.4, 0.5) is 13.2 Å². The van der Waals surface area contributed by atoms with E-state index in [1.54, 1.807) is 0 Å². The van der Waals surface area contributed by atoms with Gasteiger partial charge in [-0.3, -0.25) is 4.90 Å². The molecule has 5 heteroatoms. The van der Waals surface area contributed by atoms with Gasteiger partial charge in [-0.15, -0.1) is 0 Å². The second-order valence-electron chi connectivity index (χ2n) is 7.22. The minimum Gasteiger partial charge on any atom is -0.308 e. The molecule has 1 aliphatic heterocycles. The van der Waals surface area contributed by atoms with Gasteiger partial charge in [0.05, 0.1) is 0 Å². The number of piperazine rings is 1. The van der Waals surface area contributed by atoms with E-state index in [2.05, 4.69) is 24.1 Å². The maximum absolute atomic E-state index is 12.4. The van der Waals surface area contributed by atoms with E-state index in [4.69, 9.17) is 0 Å². The minimum atomic E-state index is -4.02. The summed E-state index contributed by atoms with van der Waals surface area (Å²) >= 11 is 0. The van der Waals surface area contributed by atoms with Crippen LogP contribution in [0.25, 0.3) is 0 Å². The second kappa shape index (κ2) is 6.86. The highest BCUT2D eigenvalue weighted by Crippen LogP contribution is 2.33. The Morgan fingerprint density at radius 1 is 1.19 bits per heavy atom. The molecule has 1 saturated heterocycles. The lowest BCUT2D eigenvalue weighted by Crippen LogP contribution is -2.65. The number of alkyl halides is 3. The molecule has 21 heavy (non-hydrogen) atoms. The molecule has 124 valence electrons. The second-order valence-corrected chi connectivity index (χ2v) is 7.22. The van der Waals surface area contributed by atoms with E-state index in [9.17, 15) is 13.2 Å². The molecule has 0 aromatic heterocycles. The van der Waals surface area contributed by atoms with Crippen molar-refractivity contribution in [1.82, 2.24) is 10.2 Å². The van der Waals surface area contributed by atoms with Crippen molar-refractivity contribution in [1.29, 1.82) is 0 Å². The van der Waals surface area contributed by atoms with E-state index in [0.29, 0.717) is 18.5 Å². The molecule has 1 aliphatic carbocycles. The maximum Gasteiger partial charge on any atom is 0.389 e. The highest BCUT2D eigenvalue weighted by Gasteiger charge is 2.40. The Balaban J connectivity index is 1.94. The molecule has 1 atom stereocenters. The van der Waals surface area contributed by atoms with E-state index in [1.165, 1.54) is 32.1 Å². The molecule has 1 saturated carbocycles. The van der Waals surface area contributed by atoms with Crippen molar-refractivity contribution >= 4 is 0 Å². The van der Waals surface area contributed by atoms with Gasteiger partial charge in [0.1, 0.15) is 0 Å². The van der Waals surface area contributed by atoms with E-state index in [1.807, 2.05) is 0 Å². The first-order valence-electron chi connectivity index (χ1n) is 8.37. The van der Waals surface area contributed by atoms with Crippen LogP contribution in [0.2, 0.25) is 0 Å². The number of hydrogen-bond donors (Lipinski definition) is 1. The van der Waals surface area contributed by atoms with Gasteiger partial charge in [0, 0.05) is 31.1 Å². The molecular formula is C16H29F3N2. The van der Waals surface area contributed by atoms with Gasteiger partial charge in [0.15, 0.2) is 0 Å². The molecule has 0 radical (unpaired) electrons. The molecule has 2 rings (SSSR count). The van der Waals surface area contributed by atoms with Crippen molar-refractivity contribution in [2.24, 2.45) is 5.92 Å². The van der Waals surface area contributed by atoms with Crippen LogP contribution in [-0.2, 0) is 0 Å². The quantitative estimate of drug-likeness (QED) is 0.845. The number of nitrogens with zero attached hydrogens (tertiary/aromatic N) is 1. The molecule has 2 nitrogen and oxygen atoms in total. The van der Waals surface area contributed by atoms with Gasteiger partial charge < -0.3 is 5.32 Å². The lowest BCUT2D eigenvalue weighted by atomic mass is 9.78. The monoisotopic (exact) mass is 306 g/mol. The fourth-order valence-corrected chi connectivity index (χ4v) is 3.96. The third kappa shape index (κ3) is 4.85. The van der Waals surface area contributed by atoms with Gasteiger partial charge in [-0.25, -0.2) is 0 Å². The third-order valence-electron chi connectivity index (χ3n) is 5.15. The summed E-state index contributed by atoms with van der Waals surface area (Å²) in [6.45, 7) is 6.76. The topological polar surface area (TPSA) is 15.3 Å². The molecular weight excluding hydrogens is 277 g/mol. The normalized spacial score (nSPS) is 27.4. The molecule has 0 bridgehead atoms. The van der Waals surface area contributed by atoms with Crippen LogP contribution in [0.1, 0.15) is 58.8 Å².